The van der Waals surface area contributed by atoms with E-state index in [0.29, 0.717) is 25.4 Å². The molecule has 24 heavy (non-hydrogen) atoms. The zero-order valence-electron chi connectivity index (χ0n) is 14.7. The van der Waals surface area contributed by atoms with Gasteiger partial charge < -0.3 is 24.1 Å². The number of aryl methyl sites for hydroxylation is 1. The summed E-state index contributed by atoms with van der Waals surface area (Å²) in [5.74, 6) is -0.706. The maximum atomic E-state index is 10.7. The van der Waals surface area contributed by atoms with Crippen molar-refractivity contribution in [2.75, 3.05) is 13.2 Å². The molecule has 0 radical (unpaired) electrons. The van der Waals surface area contributed by atoms with Gasteiger partial charge in [-0.2, -0.15) is 0 Å². The highest BCUT2D eigenvalue weighted by molar-refractivity contribution is 5.73. The van der Waals surface area contributed by atoms with Crippen LogP contribution in [0.1, 0.15) is 40.4 Å². The van der Waals surface area contributed by atoms with Gasteiger partial charge >= 0.3 is 11.9 Å². The van der Waals surface area contributed by atoms with Crippen molar-refractivity contribution in [3.63, 3.8) is 0 Å². The number of ether oxygens (including phenoxy) is 2. The van der Waals surface area contributed by atoms with Crippen LogP contribution < -0.4 is 5.43 Å². The van der Waals surface area contributed by atoms with Crippen LogP contribution in [0.4, 0.5) is 0 Å². The van der Waals surface area contributed by atoms with Gasteiger partial charge in [0.15, 0.2) is 0 Å². The molecule has 0 aliphatic carbocycles. The second-order valence-corrected chi connectivity index (χ2v) is 4.26. The molecule has 0 fully saturated rings. The van der Waals surface area contributed by atoms with Gasteiger partial charge in [-0.25, -0.2) is 4.79 Å². The molecule has 1 aromatic heterocycles. The van der Waals surface area contributed by atoms with Crippen LogP contribution in [0.2, 0.25) is 0 Å². The van der Waals surface area contributed by atoms with Gasteiger partial charge in [0.25, 0.3) is 0 Å². The molecule has 8 heteroatoms. The topological polar surface area (TPSA) is 123 Å². The molecule has 1 rings (SSSR count). The Bertz CT molecular complexity index is 533. The Morgan fingerprint density at radius 2 is 1.75 bits per heavy atom. The van der Waals surface area contributed by atoms with Crippen molar-refractivity contribution in [3.05, 3.63) is 28.3 Å². The molecular formula is C16H26O8. The zero-order valence-corrected chi connectivity index (χ0v) is 14.7. The van der Waals surface area contributed by atoms with Gasteiger partial charge in [0.1, 0.15) is 11.9 Å². The van der Waals surface area contributed by atoms with Crippen molar-refractivity contribution < 1.29 is 33.7 Å². The van der Waals surface area contributed by atoms with Crippen molar-refractivity contribution in [1.82, 2.24) is 0 Å². The smallest absolute Gasteiger partial charge is 0.334 e. The summed E-state index contributed by atoms with van der Waals surface area (Å²) in [6.45, 7) is 8.85. The molecule has 0 bridgehead atoms. The average molecular weight is 346 g/mol. The molecule has 1 aromatic rings. The van der Waals surface area contributed by atoms with E-state index in [0.717, 1.165) is 0 Å². The summed E-state index contributed by atoms with van der Waals surface area (Å²) < 4.78 is 13.7. The fraction of sp³-hybridized carbons (Fsp3) is 0.562. The van der Waals surface area contributed by atoms with Gasteiger partial charge in [-0.3, -0.25) is 9.59 Å². The summed E-state index contributed by atoms with van der Waals surface area (Å²) in [4.78, 5) is 30.8. The second-order valence-electron chi connectivity index (χ2n) is 4.26. The lowest BCUT2D eigenvalue weighted by atomic mass is 10.3. The number of aliphatic hydroxyl groups excluding tert-OH is 1. The summed E-state index contributed by atoms with van der Waals surface area (Å²) in [5, 5.41) is 17.5. The van der Waals surface area contributed by atoms with E-state index < -0.39 is 12.1 Å². The van der Waals surface area contributed by atoms with E-state index in [1.807, 2.05) is 0 Å². The number of aliphatic hydroxyl groups is 1. The van der Waals surface area contributed by atoms with E-state index in [-0.39, 0.29) is 17.1 Å². The van der Waals surface area contributed by atoms with Crippen molar-refractivity contribution >= 4 is 11.9 Å². The van der Waals surface area contributed by atoms with Gasteiger partial charge in [-0.1, -0.05) is 6.92 Å². The predicted octanol–water partition coefficient (Wildman–Crippen LogP) is 1.41. The minimum absolute atomic E-state index is 0.211. The van der Waals surface area contributed by atoms with Crippen LogP contribution in [0, 0.1) is 0 Å². The third kappa shape index (κ3) is 12.2. The van der Waals surface area contributed by atoms with Gasteiger partial charge in [-0.05, 0) is 20.8 Å². The van der Waals surface area contributed by atoms with Crippen LogP contribution in [0.3, 0.4) is 0 Å². The third-order valence-electron chi connectivity index (χ3n) is 2.22. The lowest BCUT2D eigenvalue weighted by molar-refractivity contribution is -0.151. The minimum atomic E-state index is -0.991. The SMILES string of the molecule is CCOC(=O)C(C)O.CCOC(C)=O.CCc1occc(=O)c1O. The number of carbonyl (C=O) groups is 2. The molecule has 0 aromatic carbocycles. The van der Waals surface area contributed by atoms with Crippen molar-refractivity contribution in [3.8, 4) is 5.75 Å². The fourth-order valence-electron chi connectivity index (χ4n) is 1.17. The van der Waals surface area contributed by atoms with E-state index >= 15 is 0 Å². The predicted molar refractivity (Wildman–Crippen MR) is 86.6 cm³/mol. The second kappa shape index (κ2) is 14.3. The minimum Gasteiger partial charge on any atom is -0.502 e. The lowest BCUT2D eigenvalue weighted by Crippen LogP contribution is -2.18. The monoisotopic (exact) mass is 346 g/mol. The Hall–Kier alpha value is -2.35. The number of aromatic hydroxyl groups is 1. The normalized spacial score (nSPS) is 10.2. The Morgan fingerprint density at radius 1 is 1.21 bits per heavy atom. The highest BCUT2D eigenvalue weighted by Crippen LogP contribution is 2.09. The van der Waals surface area contributed by atoms with Gasteiger partial charge in [0.2, 0.25) is 11.2 Å². The molecule has 0 amide bonds. The Kier molecular flexibility index (Phi) is 14.2. The molecule has 0 spiro atoms. The van der Waals surface area contributed by atoms with E-state index in [2.05, 4.69) is 9.47 Å². The molecule has 1 atom stereocenters. The Balaban J connectivity index is 0. The van der Waals surface area contributed by atoms with Crippen LogP contribution >= 0.6 is 0 Å². The average Bonchev–Trinajstić information content (AvgIpc) is 2.51. The van der Waals surface area contributed by atoms with Gasteiger partial charge in [-0.15, -0.1) is 0 Å². The standard InChI is InChI=1S/C7H8O3.C5H10O3.C4H8O2/c1-2-6-7(9)5(8)3-4-10-6;1-3-8-5(7)4(2)6;1-3-6-4(2)5/h3-4,9H,2H2,1H3;4,6H,3H2,1-2H3;3H2,1-2H3. The molecule has 0 saturated carbocycles. The van der Waals surface area contributed by atoms with Crippen molar-refractivity contribution in [1.29, 1.82) is 0 Å². The highest BCUT2D eigenvalue weighted by atomic mass is 16.5. The highest BCUT2D eigenvalue weighted by Gasteiger charge is 2.07. The zero-order chi connectivity index (χ0) is 19.1. The van der Waals surface area contributed by atoms with Gasteiger partial charge in [0.05, 0.1) is 19.5 Å². The van der Waals surface area contributed by atoms with Crippen LogP contribution in [-0.4, -0.2) is 41.5 Å². The Labute approximate surface area is 141 Å². The maximum absolute atomic E-state index is 10.7. The number of hydrogen-bond donors (Lipinski definition) is 2. The maximum Gasteiger partial charge on any atom is 0.334 e. The number of esters is 2. The van der Waals surface area contributed by atoms with Crippen LogP contribution in [0.25, 0.3) is 0 Å². The molecule has 0 aliphatic heterocycles. The van der Waals surface area contributed by atoms with Crippen LogP contribution in [-0.2, 0) is 25.5 Å². The number of hydrogen-bond acceptors (Lipinski definition) is 8. The molecule has 1 heterocycles. The summed E-state index contributed by atoms with van der Waals surface area (Å²) in [7, 11) is 0. The molecule has 138 valence electrons. The summed E-state index contributed by atoms with van der Waals surface area (Å²) in [6, 6.07) is 1.19. The molecule has 8 nitrogen and oxygen atoms in total. The van der Waals surface area contributed by atoms with E-state index in [1.54, 1.807) is 20.8 Å². The first-order chi connectivity index (χ1) is 11.2. The molecule has 1 unspecified atom stereocenters. The first kappa shape index (κ1) is 23.9. The quantitative estimate of drug-likeness (QED) is 0.784. The van der Waals surface area contributed by atoms with E-state index in [4.69, 9.17) is 14.6 Å². The molecule has 0 aliphatic rings. The van der Waals surface area contributed by atoms with Crippen molar-refractivity contribution in [2.24, 2.45) is 0 Å². The first-order valence-electron chi connectivity index (χ1n) is 7.48. The number of carbonyl (C=O) groups excluding carboxylic acids is 2. The van der Waals surface area contributed by atoms with Crippen LogP contribution in [0.5, 0.6) is 5.75 Å². The molecular weight excluding hydrogens is 320 g/mol. The van der Waals surface area contributed by atoms with E-state index in [1.165, 1.54) is 26.2 Å². The Morgan fingerprint density at radius 3 is 2.00 bits per heavy atom. The summed E-state index contributed by atoms with van der Waals surface area (Å²) >= 11 is 0. The fourth-order valence-corrected chi connectivity index (χ4v) is 1.17. The first-order valence-corrected chi connectivity index (χ1v) is 7.48. The summed E-state index contributed by atoms with van der Waals surface area (Å²) in [6.07, 6.45) is 0.818. The molecule has 0 saturated heterocycles. The summed E-state index contributed by atoms with van der Waals surface area (Å²) in [5.41, 5.74) is -0.386. The van der Waals surface area contributed by atoms with E-state index in [9.17, 15) is 14.4 Å². The lowest BCUT2D eigenvalue weighted by Gasteiger charge is -2.01. The van der Waals surface area contributed by atoms with Gasteiger partial charge in [0, 0.05) is 19.4 Å². The van der Waals surface area contributed by atoms with Crippen molar-refractivity contribution in [2.45, 2.75) is 47.1 Å². The molecule has 2 N–H and O–H groups in total. The number of rotatable bonds is 4. The largest absolute Gasteiger partial charge is 0.502 e. The van der Waals surface area contributed by atoms with Crippen LogP contribution in [0.15, 0.2) is 21.5 Å². The third-order valence-corrected chi connectivity index (χ3v) is 2.22.